The normalized spacial score (nSPS) is 12.7. The highest BCUT2D eigenvalue weighted by Crippen LogP contribution is 2.35. The molecule has 6 nitrogen and oxygen atoms in total. The molecule has 3 N–H and O–H groups in total. The minimum absolute atomic E-state index is 0.0380. The van der Waals surface area contributed by atoms with Crippen molar-refractivity contribution < 1.29 is 13.5 Å². The molecule has 0 aliphatic rings. The van der Waals surface area contributed by atoms with Crippen molar-refractivity contribution in [3.05, 3.63) is 0 Å². The summed E-state index contributed by atoms with van der Waals surface area (Å²) in [6.45, 7) is 5.42. The van der Waals surface area contributed by atoms with Crippen molar-refractivity contribution in [2.24, 2.45) is 0 Å². The van der Waals surface area contributed by atoms with Crippen LogP contribution in [0.3, 0.4) is 0 Å². The number of aliphatic hydroxyl groups is 1. The Kier molecular flexibility index (Phi) is 4.81. The van der Waals surface area contributed by atoms with Gasteiger partial charge in [0.05, 0.1) is 11.4 Å². The van der Waals surface area contributed by atoms with E-state index in [0.29, 0.717) is 18.0 Å². The maximum atomic E-state index is 12.2. The zero-order valence-electron chi connectivity index (χ0n) is 11.7. The quantitative estimate of drug-likeness (QED) is 0.817. The average molecular weight is 307 g/mol. The standard InChI is InChI=1S/C11H21N3O3S2/c1-5-6-19(16,17)8-9(12)13-18-10(8)14(4)7-11(2,3)15/h15H,5-7H2,1-4H3,(H2,12,13). The van der Waals surface area contributed by atoms with Crippen LogP contribution in [0.1, 0.15) is 27.2 Å². The van der Waals surface area contributed by atoms with Crippen LogP contribution in [0.15, 0.2) is 4.90 Å². The third-order valence-electron chi connectivity index (χ3n) is 2.41. The second kappa shape index (κ2) is 5.64. The van der Waals surface area contributed by atoms with Gasteiger partial charge in [-0.1, -0.05) is 6.92 Å². The first kappa shape index (κ1) is 16.2. The first-order valence-electron chi connectivity index (χ1n) is 6.00. The molecule has 0 spiro atoms. The van der Waals surface area contributed by atoms with Gasteiger partial charge in [-0.25, -0.2) is 8.42 Å². The number of nitrogens with two attached hydrogens (primary N) is 1. The van der Waals surface area contributed by atoms with Crippen molar-refractivity contribution in [2.45, 2.75) is 37.7 Å². The fraction of sp³-hybridized carbons (Fsp3) is 0.727. The lowest BCUT2D eigenvalue weighted by molar-refractivity contribution is 0.0886. The molecule has 0 unspecified atom stereocenters. The Balaban J connectivity index is 3.18. The maximum Gasteiger partial charge on any atom is 0.185 e. The second-order valence-electron chi connectivity index (χ2n) is 5.19. The van der Waals surface area contributed by atoms with Crippen molar-refractivity contribution in [2.75, 3.05) is 30.0 Å². The summed E-state index contributed by atoms with van der Waals surface area (Å²) in [7, 11) is -1.71. The van der Waals surface area contributed by atoms with Gasteiger partial charge in [0.1, 0.15) is 9.90 Å². The van der Waals surface area contributed by atoms with Gasteiger partial charge in [0.2, 0.25) is 0 Å². The van der Waals surface area contributed by atoms with Gasteiger partial charge in [-0.05, 0) is 31.8 Å². The molecule has 0 aliphatic heterocycles. The number of hydrogen-bond acceptors (Lipinski definition) is 7. The predicted molar refractivity (Wildman–Crippen MR) is 78.4 cm³/mol. The lowest BCUT2D eigenvalue weighted by Crippen LogP contribution is -2.36. The number of likely N-dealkylation sites (N-methyl/N-ethyl adjacent to an activating group) is 1. The van der Waals surface area contributed by atoms with Crippen LogP contribution in [-0.4, -0.2) is 42.8 Å². The molecule has 0 bridgehead atoms. The van der Waals surface area contributed by atoms with Gasteiger partial charge in [0.15, 0.2) is 15.7 Å². The van der Waals surface area contributed by atoms with Gasteiger partial charge in [-0.3, -0.25) is 0 Å². The molecule has 0 amide bonds. The van der Waals surface area contributed by atoms with Crippen LogP contribution >= 0.6 is 11.5 Å². The van der Waals surface area contributed by atoms with E-state index >= 15 is 0 Å². The molecule has 0 radical (unpaired) electrons. The number of rotatable bonds is 6. The number of hydrogen-bond donors (Lipinski definition) is 2. The number of aromatic nitrogens is 1. The highest BCUT2D eigenvalue weighted by molar-refractivity contribution is 7.91. The van der Waals surface area contributed by atoms with Crippen LogP contribution in [-0.2, 0) is 9.84 Å². The van der Waals surface area contributed by atoms with E-state index in [1.54, 1.807) is 32.7 Å². The molecule has 0 atom stereocenters. The molecular formula is C11H21N3O3S2. The minimum Gasteiger partial charge on any atom is -0.389 e. The Hall–Kier alpha value is -0.860. The van der Waals surface area contributed by atoms with E-state index in [9.17, 15) is 13.5 Å². The summed E-state index contributed by atoms with van der Waals surface area (Å²) in [4.78, 5) is 1.77. The molecule has 1 aromatic heterocycles. The van der Waals surface area contributed by atoms with E-state index in [4.69, 9.17) is 5.73 Å². The Labute approximate surface area is 118 Å². The summed E-state index contributed by atoms with van der Waals surface area (Å²) < 4.78 is 28.3. The van der Waals surface area contributed by atoms with E-state index in [-0.39, 0.29) is 16.5 Å². The third kappa shape index (κ3) is 4.05. The number of sulfone groups is 1. The van der Waals surface area contributed by atoms with Crippen molar-refractivity contribution >= 4 is 32.2 Å². The zero-order chi connectivity index (χ0) is 14.8. The molecule has 0 saturated carbocycles. The summed E-state index contributed by atoms with van der Waals surface area (Å²) in [5.41, 5.74) is 4.76. The van der Waals surface area contributed by atoms with Gasteiger partial charge < -0.3 is 15.7 Å². The molecule has 1 rings (SSSR count). The van der Waals surface area contributed by atoms with Crippen molar-refractivity contribution in [3.8, 4) is 0 Å². The first-order chi connectivity index (χ1) is 8.58. The number of nitrogen functional groups attached to an aromatic ring is 1. The molecule has 110 valence electrons. The fourth-order valence-electron chi connectivity index (χ4n) is 1.84. The van der Waals surface area contributed by atoms with Crippen LogP contribution in [0.2, 0.25) is 0 Å². The van der Waals surface area contributed by atoms with E-state index in [1.165, 1.54) is 0 Å². The molecule has 0 fully saturated rings. The van der Waals surface area contributed by atoms with Gasteiger partial charge in [0, 0.05) is 13.6 Å². The maximum absolute atomic E-state index is 12.2. The summed E-state index contributed by atoms with van der Waals surface area (Å²) in [6, 6.07) is 0. The van der Waals surface area contributed by atoms with Crippen LogP contribution in [0.25, 0.3) is 0 Å². The molecule has 1 aromatic rings. The average Bonchev–Trinajstić information content (AvgIpc) is 2.58. The zero-order valence-corrected chi connectivity index (χ0v) is 13.3. The first-order valence-corrected chi connectivity index (χ1v) is 8.42. The van der Waals surface area contributed by atoms with E-state index in [2.05, 4.69) is 4.37 Å². The fourth-order valence-corrected chi connectivity index (χ4v) is 4.59. The van der Waals surface area contributed by atoms with Crippen molar-refractivity contribution in [1.82, 2.24) is 4.37 Å². The molecule has 0 saturated heterocycles. The summed E-state index contributed by atoms with van der Waals surface area (Å²) in [6.07, 6.45) is 0.520. The molecule has 0 aliphatic carbocycles. The lowest BCUT2D eigenvalue weighted by atomic mass is 10.1. The Bertz CT molecular complexity index is 532. The Morgan fingerprint density at radius 3 is 2.53 bits per heavy atom. The van der Waals surface area contributed by atoms with Gasteiger partial charge in [-0.2, -0.15) is 4.37 Å². The van der Waals surface area contributed by atoms with Crippen LogP contribution in [0.5, 0.6) is 0 Å². The van der Waals surface area contributed by atoms with E-state index in [1.807, 2.05) is 0 Å². The lowest BCUT2D eigenvalue weighted by Gasteiger charge is -2.26. The Morgan fingerprint density at radius 1 is 1.47 bits per heavy atom. The van der Waals surface area contributed by atoms with Gasteiger partial charge in [0.25, 0.3) is 0 Å². The second-order valence-corrected chi connectivity index (χ2v) is 7.99. The largest absolute Gasteiger partial charge is 0.389 e. The van der Waals surface area contributed by atoms with E-state index in [0.717, 1.165) is 11.5 Å². The van der Waals surface area contributed by atoms with Gasteiger partial charge in [-0.15, -0.1) is 0 Å². The smallest absolute Gasteiger partial charge is 0.185 e. The van der Waals surface area contributed by atoms with Crippen molar-refractivity contribution in [1.29, 1.82) is 0 Å². The molecule has 0 aromatic carbocycles. The third-order valence-corrected chi connectivity index (χ3v) is 5.49. The van der Waals surface area contributed by atoms with Crippen LogP contribution < -0.4 is 10.6 Å². The van der Waals surface area contributed by atoms with E-state index < -0.39 is 15.4 Å². The molecule has 8 heteroatoms. The molecule has 19 heavy (non-hydrogen) atoms. The summed E-state index contributed by atoms with van der Waals surface area (Å²) >= 11 is 1.04. The number of anilines is 2. The highest BCUT2D eigenvalue weighted by Gasteiger charge is 2.28. The minimum atomic E-state index is -3.43. The molecular weight excluding hydrogens is 286 g/mol. The topological polar surface area (TPSA) is 96.5 Å². The molecule has 1 heterocycles. The summed E-state index contributed by atoms with van der Waals surface area (Å²) in [5, 5.41) is 10.3. The highest BCUT2D eigenvalue weighted by atomic mass is 32.2. The summed E-state index contributed by atoms with van der Waals surface area (Å²) in [5.74, 6) is 0.0787. The van der Waals surface area contributed by atoms with Crippen LogP contribution in [0, 0.1) is 0 Å². The van der Waals surface area contributed by atoms with Gasteiger partial charge >= 0.3 is 0 Å². The predicted octanol–water partition coefficient (Wildman–Crippen LogP) is 1.12. The number of nitrogens with zero attached hydrogens (tertiary/aromatic N) is 2. The monoisotopic (exact) mass is 307 g/mol. The SMILES string of the molecule is CCCS(=O)(=O)c1c(N)nsc1N(C)CC(C)(C)O. The van der Waals surface area contributed by atoms with Crippen LogP contribution in [0.4, 0.5) is 10.8 Å². The van der Waals surface area contributed by atoms with Crippen molar-refractivity contribution in [3.63, 3.8) is 0 Å². The Morgan fingerprint density at radius 2 is 2.05 bits per heavy atom.